The summed E-state index contributed by atoms with van der Waals surface area (Å²) in [6.07, 6.45) is 5.84. The summed E-state index contributed by atoms with van der Waals surface area (Å²) in [6, 6.07) is -0.412. The topological polar surface area (TPSA) is 55.4 Å². The maximum Gasteiger partial charge on any atom is 0.408 e. The molecule has 98 valence electrons. The summed E-state index contributed by atoms with van der Waals surface area (Å²) in [5.74, 6) is 0.748. The van der Waals surface area contributed by atoms with Crippen molar-refractivity contribution in [2.75, 3.05) is 0 Å². The Hall–Kier alpha value is -1.06. The van der Waals surface area contributed by atoms with Gasteiger partial charge in [0.2, 0.25) is 0 Å². The molecule has 1 fully saturated rings. The van der Waals surface area contributed by atoms with Gasteiger partial charge in [-0.1, -0.05) is 19.3 Å². The van der Waals surface area contributed by atoms with Crippen LogP contribution in [0.5, 0.6) is 0 Å². The van der Waals surface area contributed by atoms with Crippen molar-refractivity contribution in [1.29, 1.82) is 0 Å². The molecule has 0 spiro atoms. The van der Waals surface area contributed by atoms with Crippen LogP contribution in [0.3, 0.4) is 0 Å². The van der Waals surface area contributed by atoms with Crippen molar-refractivity contribution in [3.8, 4) is 0 Å². The van der Waals surface area contributed by atoms with Gasteiger partial charge in [-0.2, -0.15) is 0 Å². The largest absolute Gasteiger partial charge is 0.444 e. The minimum atomic E-state index is -0.522. The van der Waals surface area contributed by atoms with Gasteiger partial charge in [0.05, 0.1) is 6.04 Å². The highest BCUT2D eigenvalue weighted by Crippen LogP contribution is 2.30. The molecule has 1 aliphatic rings. The first kappa shape index (κ1) is 14.0. The van der Waals surface area contributed by atoms with Gasteiger partial charge >= 0.3 is 6.09 Å². The second-order valence-electron chi connectivity index (χ2n) is 5.76. The second-order valence-corrected chi connectivity index (χ2v) is 5.76. The zero-order valence-corrected chi connectivity index (χ0v) is 11.0. The van der Waals surface area contributed by atoms with E-state index in [0.717, 1.165) is 18.6 Å². The maximum absolute atomic E-state index is 11.5. The van der Waals surface area contributed by atoms with E-state index in [0.29, 0.717) is 6.42 Å². The van der Waals surface area contributed by atoms with Crippen molar-refractivity contribution >= 4 is 12.4 Å². The Bertz CT molecular complexity index is 266. The highest BCUT2D eigenvalue weighted by atomic mass is 16.6. The Morgan fingerprint density at radius 3 is 2.53 bits per heavy atom. The van der Waals surface area contributed by atoms with E-state index in [1.807, 2.05) is 0 Å². The van der Waals surface area contributed by atoms with E-state index < -0.39 is 17.7 Å². The minimum Gasteiger partial charge on any atom is -0.444 e. The van der Waals surface area contributed by atoms with Crippen LogP contribution in [-0.2, 0) is 9.53 Å². The summed E-state index contributed by atoms with van der Waals surface area (Å²) < 4.78 is 5.11. The molecule has 4 nitrogen and oxygen atoms in total. The van der Waals surface area contributed by atoms with Gasteiger partial charge in [0.1, 0.15) is 11.9 Å². The first-order valence-corrected chi connectivity index (χ1v) is 6.35. The van der Waals surface area contributed by atoms with Crippen molar-refractivity contribution < 1.29 is 14.3 Å². The minimum absolute atomic E-state index is 0.412. The first-order valence-electron chi connectivity index (χ1n) is 6.35. The number of hydrogen-bond acceptors (Lipinski definition) is 3. The normalized spacial score (nSPS) is 18.1. The predicted molar refractivity (Wildman–Crippen MR) is 65.8 cm³/mol. The zero-order valence-electron chi connectivity index (χ0n) is 11.0. The molecule has 0 aromatic carbocycles. The van der Waals surface area contributed by atoms with E-state index >= 15 is 0 Å². The molecule has 0 aliphatic heterocycles. The van der Waals surface area contributed by atoms with Crippen LogP contribution >= 0.6 is 0 Å². The van der Waals surface area contributed by atoms with E-state index in [-0.39, 0.29) is 0 Å². The number of hydrogen-bond donors (Lipinski definition) is 1. The lowest BCUT2D eigenvalue weighted by Crippen LogP contribution is -2.40. The highest BCUT2D eigenvalue weighted by molar-refractivity contribution is 5.73. The van der Waals surface area contributed by atoms with Gasteiger partial charge < -0.3 is 14.8 Å². The summed E-state index contributed by atoms with van der Waals surface area (Å²) in [5, 5.41) is 2.60. The van der Waals surface area contributed by atoms with E-state index in [9.17, 15) is 9.59 Å². The Labute approximate surface area is 103 Å². The lowest BCUT2D eigenvalue weighted by atomic mass is 9.81. The molecule has 1 saturated carbocycles. The molecule has 0 aromatic heterocycles. The van der Waals surface area contributed by atoms with Gasteiger partial charge in [0.15, 0.2) is 0 Å². The quantitative estimate of drug-likeness (QED) is 0.753. The Morgan fingerprint density at radius 2 is 2.12 bits per heavy atom. The van der Waals surface area contributed by atoms with Crippen LogP contribution in [0, 0.1) is 5.92 Å². The average Bonchev–Trinajstić information content (AvgIpc) is 2.10. The molecule has 1 aliphatic carbocycles. The van der Waals surface area contributed by atoms with Crippen molar-refractivity contribution in [3.05, 3.63) is 0 Å². The van der Waals surface area contributed by atoms with Crippen LogP contribution in [0.25, 0.3) is 0 Å². The standard InChI is InChI=1S/C13H23NO3/c1-13(2,3)17-12(16)14-11(9-15)8-7-10-5-4-6-10/h9-11H,4-8H2,1-3H3,(H,14,16). The number of amides is 1. The lowest BCUT2D eigenvalue weighted by Gasteiger charge is -2.26. The molecule has 1 N–H and O–H groups in total. The fourth-order valence-corrected chi connectivity index (χ4v) is 1.83. The van der Waals surface area contributed by atoms with Gasteiger partial charge in [-0.3, -0.25) is 0 Å². The molecule has 17 heavy (non-hydrogen) atoms. The van der Waals surface area contributed by atoms with Crippen molar-refractivity contribution in [1.82, 2.24) is 5.32 Å². The van der Waals surface area contributed by atoms with Crippen LogP contribution in [0.4, 0.5) is 4.79 Å². The molecule has 1 atom stereocenters. The van der Waals surface area contributed by atoms with E-state index in [1.54, 1.807) is 20.8 Å². The Kier molecular flexibility index (Phi) is 4.97. The molecule has 1 unspecified atom stereocenters. The number of nitrogens with one attached hydrogen (secondary N) is 1. The number of carbonyl (C=O) groups is 2. The molecule has 0 aromatic rings. The SMILES string of the molecule is CC(C)(C)OC(=O)NC(C=O)CCC1CCC1. The third-order valence-electron chi connectivity index (χ3n) is 2.98. The van der Waals surface area contributed by atoms with Crippen molar-refractivity contribution in [2.45, 2.75) is 64.5 Å². The second kappa shape index (κ2) is 6.03. The fraction of sp³-hybridized carbons (Fsp3) is 0.846. The van der Waals surface area contributed by atoms with E-state index in [1.165, 1.54) is 19.3 Å². The first-order chi connectivity index (χ1) is 7.90. The van der Waals surface area contributed by atoms with Gasteiger partial charge in [-0.25, -0.2) is 4.79 Å². The van der Waals surface area contributed by atoms with Gasteiger partial charge in [0.25, 0.3) is 0 Å². The molecule has 0 heterocycles. The summed E-state index contributed by atoms with van der Waals surface area (Å²) in [4.78, 5) is 22.3. The molecular formula is C13H23NO3. The average molecular weight is 241 g/mol. The van der Waals surface area contributed by atoms with Crippen LogP contribution in [-0.4, -0.2) is 24.0 Å². The van der Waals surface area contributed by atoms with Crippen LogP contribution in [0.1, 0.15) is 52.9 Å². The molecule has 4 heteroatoms. The van der Waals surface area contributed by atoms with Crippen molar-refractivity contribution in [3.63, 3.8) is 0 Å². The summed E-state index contributed by atoms with van der Waals surface area (Å²) in [5.41, 5.74) is -0.522. The monoisotopic (exact) mass is 241 g/mol. The molecule has 0 saturated heterocycles. The number of aldehydes is 1. The van der Waals surface area contributed by atoms with Crippen LogP contribution < -0.4 is 5.32 Å². The third kappa shape index (κ3) is 5.71. The highest BCUT2D eigenvalue weighted by Gasteiger charge is 2.22. The Morgan fingerprint density at radius 1 is 1.47 bits per heavy atom. The van der Waals surface area contributed by atoms with Crippen LogP contribution in [0.15, 0.2) is 0 Å². The fourth-order valence-electron chi connectivity index (χ4n) is 1.83. The third-order valence-corrected chi connectivity index (χ3v) is 2.98. The number of ether oxygens (including phenoxy) is 1. The molecule has 1 amide bonds. The number of rotatable bonds is 5. The lowest BCUT2D eigenvalue weighted by molar-refractivity contribution is -0.109. The van der Waals surface area contributed by atoms with Gasteiger partial charge in [0, 0.05) is 0 Å². The molecular weight excluding hydrogens is 218 g/mol. The Balaban J connectivity index is 2.25. The van der Waals surface area contributed by atoms with Crippen molar-refractivity contribution in [2.24, 2.45) is 5.92 Å². The molecule has 0 radical (unpaired) electrons. The predicted octanol–water partition coefficient (Wildman–Crippen LogP) is 2.66. The van der Waals surface area contributed by atoms with E-state index in [2.05, 4.69) is 5.32 Å². The zero-order chi connectivity index (χ0) is 12.9. The summed E-state index contributed by atoms with van der Waals surface area (Å²) in [7, 11) is 0. The summed E-state index contributed by atoms with van der Waals surface area (Å²) >= 11 is 0. The van der Waals surface area contributed by atoms with Gasteiger partial charge in [-0.15, -0.1) is 0 Å². The number of carbonyl (C=O) groups excluding carboxylic acids is 2. The van der Waals surface area contributed by atoms with E-state index in [4.69, 9.17) is 4.74 Å². The molecule has 1 rings (SSSR count). The van der Waals surface area contributed by atoms with Crippen LogP contribution in [0.2, 0.25) is 0 Å². The smallest absolute Gasteiger partial charge is 0.408 e. The number of alkyl carbamates (subject to hydrolysis) is 1. The molecule has 0 bridgehead atoms. The maximum atomic E-state index is 11.5. The van der Waals surface area contributed by atoms with Gasteiger partial charge in [-0.05, 0) is 39.5 Å². The summed E-state index contributed by atoms with van der Waals surface area (Å²) in [6.45, 7) is 5.41.